The lowest BCUT2D eigenvalue weighted by Crippen LogP contribution is -2.55. The number of piperazine rings is 1. The molecule has 4 N–H and O–H groups in total. The van der Waals surface area contributed by atoms with Crippen molar-refractivity contribution in [2.24, 2.45) is 11.7 Å². The molecule has 9 nitrogen and oxygen atoms in total. The third-order valence-electron chi connectivity index (χ3n) is 6.52. The maximum absolute atomic E-state index is 13.7. The largest absolute Gasteiger partial charge is 0.449 e. The highest BCUT2D eigenvalue weighted by Crippen LogP contribution is 2.55. The monoisotopic (exact) mass is 536 g/mol. The van der Waals surface area contributed by atoms with E-state index < -0.39 is 17.7 Å². The smallest absolute Gasteiger partial charge is 0.404 e. The Morgan fingerprint density at radius 2 is 2.16 bits per heavy atom. The molecule has 0 saturated carbocycles. The van der Waals surface area contributed by atoms with Crippen LogP contribution in [0.5, 0.6) is 0 Å². The van der Waals surface area contributed by atoms with Crippen LogP contribution >= 0.6 is 22.6 Å². The fourth-order valence-corrected chi connectivity index (χ4v) is 5.69. The van der Waals surface area contributed by atoms with Crippen molar-refractivity contribution in [1.82, 2.24) is 10.2 Å². The van der Waals surface area contributed by atoms with Crippen molar-refractivity contribution < 1.29 is 23.9 Å². The summed E-state index contributed by atoms with van der Waals surface area (Å²) in [5, 5.41) is 6.47. The number of benzene rings is 1. The molecule has 2 fully saturated rings. The highest BCUT2D eigenvalue weighted by molar-refractivity contribution is 14.1. The number of hydrogen-bond donors (Lipinski definition) is 3. The third-order valence-corrected chi connectivity index (χ3v) is 7.19. The number of ketones is 2. The molecular weight excluding hydrogens is 515 g/mol. The first kappa shape index (κ1) is 20.5. The number of fused-ring (bicyclic) bond motifs is 4. The van der Waals surface area contributed by atoms with Gasteiger partial charge in [0.15, 0.2) is 5.72 Å². The predicted octanol–water partition coefficient (Wildman–Crippen LogP) is 1.11. The fourth-order valence-electron chi connectivity index (χ4n) is 5.15. The number of ether oxygens (including phenoxy) is 2. The molecule has 2 saturated heterocycles. The van der Waals surface area contributed by atoms with Crippen molar-refractivity contribution in [3.63, 3.8) is 0 Å². The zero-order chi connectivity index (χ0) is 22.1. The molecule has 31 heavy (non-hydrogen) atoms. The van der Waals surface area contributed by atoms with Gasteiger partial charge in [0.25, 0.3) is 0 Å². The lowest BCUT2D eigenvalue weighted by molar-refractivity contribution is -0.137. The zero-order valence-corrected chi connectivity index (χ0v) is 19.1. The van der Waals surface area contributed by atoms with Gasteiger partial charge in [0.1, 0.15) is 6.61 Å². The first-order valence-electron chi connectivity index (χ1n) is 9.87. The van der Waals surface area contributed by atoms with Gasteiger partial charge in [-0.1, -0.05) is 6.07 Å². The Morgan fingerprint density at radius 1 is 1.39 bits per heavy atom. The van der Waals surface area contributed by atoms with Crippen LogP contribution in [-0.2, 0) is 19.1 Å². The van der Waals surface area contributed by atoms with E-state index in [1.54, 1.807) is 14.0 Å². The number of primary amides is 1. The molecule has 10 heteroatoms. The van der Waals surface area contributed by atoms with Gasteiger partial charge in [-0.2, -0.15) is 0 Å². The lowest BCUT2D eigenvalue weighted by atomic mass is 9.82. The number of hydrogen-bond acceptors (Lipinski definition) is 8. The van der Waals surface area contributed by atoms with E-state index in [0.717, 1.165) is 3.57 Å². The molecule has 3 aliphatic heterocycles. The first-order chi connectivity index (χ1) is 14.8. The molecule has 0 unspecified atom stereocenters. The highest BCUT2D eigenvalue weighted by Gasteiger charge is 2.72. The summed E-state index contributed by atoms with van der Waals surface area (Å²) in [4.78, 5) is 40.4. The number of halogens is 1. The number of carbonyl (C=O) groups excluding carboxylic acids is 3. The Balaban J connectivity index is 1.57. The van der Waals surface area contributed by atoms with Crippen molar-refractivity contribution in [2.75, 3.05) is 25.6 Å². The Labute approximate surface area is 192 Å². The van der Waals surface area contributed by atoms with E-state index in [9.17, 15) is 14.4 Å². The summed E-state index contributed by atoms with van der Waals surface area (Å²) in [5.41, 5.74) is 6.15. The number of allylic oxidation sites excluding steroid dienone is 2. The van der Waals surface area contributed by atoms with E-state index >= 15 is 0 Å². The van der Waals surface area contributed by atoms with E-state index in [2.05, 4.69) is 33.2 Å². The maximum atomic E-state index is 13.7. The minimum atomic E-state index is -0.978. The average molecular weight is 536 g/mol. The van der Waals surface area contributed by atoms with Gasteiger partial charge >= 0.3 is 6.09 Å². The zero-order valence-electron chi connectivity index (χ0n) is 16.9. The van der Waals surface area contributed by atoms with E-state index in [-0.39, 0.29) is 36.0 Å². The normalized spacial score (nSPS) is 30.9. The topological polar surface area (TPSA) is 133 Å². The second kappa shape index (κ2) is 7.04. The number of anilines is 1. The van der Waals surface area contributed by atoms with Crippen molar-refractivity contribution in [3.8, 4) is 0 Å². The van der Waals surface area contributed by atoms with Crippen LogP contribution in [0.15, 0.2) is 46.8 Å². The van der Waals surface area contributed by atoms with Crippen LogP contribution in [0.2, 0.25) is 0 Å². The quantitative estimate of drug-likeness (QED) is 0.290. The Bertz CT molecular complexity index is 1100. The minimum absolute atomic E-state index is 0.0717. The van der Waals surface area contributed by atoms with Crippen LogP contribution in [0.3, 0.4) is 0 Å². The highest BCUT2D eigenvalue weighted by atomic mass is 127. The minimum Gasteiger partial charge on any atom is -0.449 e. The second-order valence-electron chi connectivity index (χ2n) is 8.06. The summed E-state index contributed by atoms with van der Waals surface area (Å²) in [6, 6.07) is 7.61. The number of nitrogens with zero attached hydrogens (tertiary/aromatic N) is 1. The molecule has 162 valence electrons. The molecule has 4 atom stereocenters. The summed E-state index contributed by atoms with van der Waals surface area (Å²) in [6.45, 7) is 2.03. The number of amides is 1. The van der Waals surface area contributed by atoms with E-state index in [1.165, 1.54) is 0 Å². The maximum Gasteiger partial charge on any atom is 0.404 e. The number of methoxy groups -OCH3 is 1. The molecule has 4 aliphatic rings. The van der Waals surface area contributed by atoms with Crippen molar-refractivity contribution in [1.29, 1.82) is 0 Å². The second-order valence-corrected chi connectivity index (χ2v) is 9.30. The lowest BCUT2D eigenvalue weighted by Gasteiger charge is -2.39. The SMILES string of the molecule is CO[C@@]12[C@H](COC(N)=O)C3=C(C(=O)C(C)=C(Nc4cccc(I)c4)C3=O)N1C[C@@H]1N[C@@H]12. The number of nitrogens with two attached hydrogens (primary N) is 1. The molecule has 0 bridgehead atoms. The molecular formula is C21H21IN4O5. The number of carbonyl (C=O) groups is 3. The summed E-state index contributed by atoms with van der Waals surface area (Å²) < 4.78 is 12.1. The van der Waals surface area contributed by atoms with Gasteiger partial charge in [0.05, 0.1) is 23.4 Å². The van der Waals surface area contributed by atoms with Crippen LogP contribution in [0, 0.1) is 9.49 Å². The molecule has 1 aliphatic carbocycles. The van der Waals surface area contributed by atoms with Crippen molar-refractivity contribution in [3.05, 3.63) is 50.4 Å². The number of nitrogens with one attached hydrogen (secondary N) is 2. The van der Waals surface area contributed by atoms with Crippen LogP contribution in [0.25, 0.3) is 0 Å². The first-order valence-corrected chi connectivity index (χ1v) is 11.0. The van der Waals surface area contributed by atoms with Crippen molar-refractivity contribution >= 4 is 45.9 Å². The summed E-state index contributed by atoms with van der Waals surface area (Å²) in [6.07, 6.45) is -0.941. The molecule has 3 heterocycles. The standard InChI is InChI=1S/C21H21IN4O5/c1-9-15(24-11-5-3-4-10(22)6-11)18(28)14-12(8-31-20(23)29)21(30-2)19-13(25-19)7-26(21)16(14)17(9)27/h3-6,12-13,19,24-25H,7-8H2,1-2H3,(H2,23,29)/t12-,13+,19+,21-/m1/s1. The van der Waals surface area contributed by atoms with Gasteiger partial charge in [0.2, 0.25) is 11.6 Å². The number of Topliss-reactive ketones (excluding diaryl/α,β-unsaturated/α-hetero) is 2. The van der Waals surface area contributed by atoms with Crippen molar-refractivity contribution in [2.45, 2.75) is 24.7 Å². The summed E-state index contributed by atoms with van der Waals surface area (Å²) in [5.74, 6) is -1.18. The predicted molar refractivity (Wildman–Crippen MR) is 119 cm³/mol. The molecule has 0 spiro atoms. The van der Waals surface area contributed by atoms with Crippen LogP contribution < -0.4 is 16.4 Å². The fraction of sp³-hybridized carbons (Fsp3) is 0.381. The van der Waals surface area contributed by atoms with Crippen LogP contribution in [-0.4, -0.2) is 60.6 Å². The van der Waals surface area contributed by atoms with Gasteiger partial charge in [-0.15, -0.1) is 0 Å². The molecule has 5 rings (SSSR count). The van der Waals surface area contributed by atoms with Gasteiger partial charge < -0.3 is 30.7 Å². The van der Waals surface area contributed by atoms with E-state index in [1.807, 2.05) is 29.2 Å². The number of rotatable bonds is 5. The molecule has 1 amide bonds. The Morgan fingerprint density at radius 3 is 2.84 bits per heavy atom. The summed E-state index contributed by atoms with van der Waals surface area (Å²) in [7, 11) is 1.55. The van der Waals surface area contributed by atoms with Gasteiger partial charge in [-0.25, -0.2) is 4.79 Å². The molecule has 1 aromatic carbocycles. The van der Waals surface area contributed by atoms with Gasteiger partial charge in [-0.05, 0) is 47.7 Å². The molecule has 0 aromatic heterocycles. The van der Waals surface area contributed by atoms with E-state index in [0.29, 0.717) is 29.1 Å². The van der Waals surface area contributed by atoms with Gasteiger partial charge in [0, 0.05) is 40.1 Å². The molecule has 0 radical (unpaired) electrons. The van der Waals surface area contributed by atoms with Gasteiger partial charge in [-0.3, -0.25) is 9.59 Å². The van der Waals surface area contributed by atoms with E-state index in [4.69, 9.17) is 15.2 Å². The Kier molecular flexibility index (Phi) is 4.65. The Hall–Kier alpha value is -2.44. The average Bonchev–Trinajstić information content (AvgIpc) is 3.34. The molecule has 1 aromatic rings. The van der Waals surface area contributed by atoms with Crippen LogP contribution in [0.4, 0.5) is 10.5 Å². The van der Waals surface area contributed by atoms with Crippen LogP contribution in [0.1, 0.15) is 6.92 Å². The summed E-state index contributed by atoms with van der Waals surface area (Å²) >= 11 is 2.18. The third kappa shape index (κ3) is 2.84.